The van der Waals surface area contributed by atoms with Crippen molar-refractivity contribution in [3.05, 3.63) is 35.9 Å². The molecule has 1 aromatic carbocycles. The first-order valence-corrected chi connectivity index (χ1v) is 4.54. The van der Waals surface area contributed by atoms with Gasteiger partial charge >= 0.3 is 0 Å². The van der Waals surface area contributed by atoms with Crippen LogP contribution in [0.4, 0.5) is 0 Å². The summed E-state index contributed by atoms with van der Waals surface area (Å²) in [6.07, 6.45) is 1.70. The van der Waals surface area contributed by atoms with Gasteiger partial charge in [-0.2, -0.15) is 0 Å². The van der Waals surface area contributed by atoms with Crippen molar-refractivity contribution in [2.24, 2.45) is 15.4 Å². The van der Waals surface area contributed by atoms with E-state index in [0.29, 0.717) is 0 Å². The summed E-state index contributed by atoms with van der Waals surface area (Å²) >= 11 is 0. The highest BCUT2D eigenvalue weighted by atomic mass is 15.5. The summed E-state index contributed by atoms with van der Waals surface area (Å²) in [6, 6.07) is 10.2. The van der Waals surface area contributed by atoms with Crippen molar-refractivity contribution in [2.75, 3.05) is 0 Å². The second-order valence-corrected chi connectivity index (χ2v) is 3.42. The topological polar surface area (TPSA) is 49.1 Å². The molecule has 1 N–H and O–H groups in total. The normalized spacial score (nSPS) is 24.4. The Morgan fingerprint density at radius 3 is 2.71 bits per heavy atom. The highest BCUT2D eigenvalue weighted by Gasteiger charge is 2.23. The lowest BCUT2D eigenvalue weighted by Crippen LogP contribution is -2.39. The Hall–Kier alpha value is -1.55. The van der Waals surface area contributed by atoms with Gasteiger partial charge in [0.25, 0.3) is 0 Å². The lowest BCUT2D eigenvalue weighted by atomic mass is 10.2. The van der Waals surface area contributed by atoms with Crippen LogP contribution < -0.4 is 5.32 Å². The van der Waals surface area contributed by atoms with E-state index in [4.69, 9.17) is 0 Å². The van der Waals surface area contributed by atoms with Crippen LogP contribution in [0.3, 0.4) is 0 Å². The molecule has 0 amide bonds. The molecule has 4 nitrogen and oxygen atoms in total. The van der Waals surface area contributed by atoms with Crippen molar-refractivity contribution in [3.8, 4) is 0 Å². The number of hydrogen-bond donors (Lipinski definition) is 1. The molecular weight excluding hydrogens is 176 g/mol. The number of benzene rings is 1. The monoisotopic (exact) mass is 188 g/mol. The fourth-order valence-electron chi connectivity index (χ4n) is 1.24. The molecule has 1 aliphatic rings. The van der Waals surface area contributed by atoms with E-state index in [1.54, 1.807) is 6.21 Å². The Morgan fingerprint density at radius 2 is 2.07 bits per heavy atom. The van der Waals surface area contributed by atoms with Gasteiger partial charge in [-0.3, -0.25) is 5.32 Å². The molecule has 4 heteroatoms. The molecule has 0 spiro atoms. The van der Waals surface area contributed by atoms with E-state index in [2.05, 4.69) is 32.9 Å². The summed E-state index contributed by atoms with van der Waals surface area (Å²) in [6.45, 7) is 2.71. The smallest absolute Gasteiger partial charge is 0.168 e. The first-order chi connectivity index (χ1) is 6.79. The van der Waals surface area contributed by atoms with E-state index in [9.17, 15) is 0 Å². The molecule has 0 saturated carbocycles. The van der Waals surface area contributed by atoms with Crippen LogP contribution in [0.25, 0.3) is 0 Å². The van der Waals surface area contributed by atoms with Crippen LogP contribution >= 0.6 is 0 Å². The zero-order valence-electron chi connectivity index (χ0n) is 8.01. The third-order valence-electron chi connectivity index (χ3n) is 2.11. The zero-order valence-corrected chi connectivity index (χ0v) is 8.01. The highest BCUT2D eigenvalue weighted by molar-refractivity contribution is 5.69. The maximum Gasteiger partial charge on any atom is 0.168 e. The van der Waals surface area contributed by atoms with Crippen LogP contribution in [0.15, 0.2) is 45.8 Å². The molecule has 0 fully saturated rings. The Bertz CT molecular complexity index is 344. The van der Waals surface area contributed by atoms with Gasteiger partial charge in [-0.15, -0.1) is 10.2 Å². The van der Waals surface area contributed by atoms with Gasteiger partial charge in [-0.25, -0.2) is 0 Å². The van der Waals surface area contributed by atoms with Gasteiger partial charge in [0.05, 0.1) is 6.21 Å². The molecule has 0 aliphatic carbocycles. The van der Waals surface area contributed by atoms with E-state index in [1.165, 1.54) is 5.56 Å². The first kappa shape index (κ1) is 9.02. The van der Waals surface area contributed by atoms with Crippen LogP contribution in [0.1, 0.15) is 12.5 Å². The predicted octanol–water partition coefficient (Wildman–Crippen LogP) is 1.94. The minimum absolute atomic E-state index is 0.435. The van der Waals surface area contributed by atoms with Gasteiger partial charge in [0.1, 0.15) is 0 Å². The molecule has 1 aliphatic heterocycles. The van der Waals surface area contributed by atoms with Gasteiger partial charge in [0.2, 0.25) is 0 Å². The van der Waals surface area contributed by atoms with Crippen molar-refractivity contribution in [3.63, 3.8) is 0 Å². The second-order valence-electron chi connectivity index (χ2n) is 3.42. The van der Waals surface area contributed by atoms with Crippen LogP contribution in [0.2, 0.25) is 0 Å². The molecule has 0 radical (unpaired) electrons. The van der Waals surface area contributed by atoms with Gasteiger partial charge in [-0.05, 0) is 17.7 Å². The summed E-state index contributed by atoms with van der Waals surface area (Å²) in [5.41, 5.74) is 0.791. The van der Waals surface area contributed by atoms with Crippen LogP contribution in [-0.4, -0.2) is 11.9 Å². The molecule has 2 rings (SSSR count). The first-order valence-electron chi connectivity index (χ1n) is 4.54. The fraction of sp³-hybridized carbons (Fsp3) is 0.300. The molecule has 1 unspecified atom stereocenters. The van der Waals surface area contributed by atoms with Gasteiger partial charge in [0, 0.05) is 6.54 Å². The summed E-state index contributed by atoms with van der Waals surface area (Å²) in [5, 5.41) is 14.5. The third kappa shape index (κ3) is 2.03. The molecule has 0 saturated heterocycles. The molecule has 72 valence electrons. The van der Waals surface area contributed by atoms with Gasteiger partial charge < -0.3 is 0 Å². The standard InChI is InChI=1S/C10H12N4/c1-10(8-12-14-13-10)11-7-9-5-3-2-4-6-9/h2-6,8,11H,7H2,1H3. The van der Waals surface area contributed by atoms with Crippen molar-refractivity contribution in [1.29, 1.82) is 0 Å². The third-order valence-corrected chi connectivity index (χ3v) is 2.11. The minimum atomic E-state index is -0.435. The van der Waals surface area contributed by atoms with E-state index in [1.807, 2.05) is 25.1 Å². The molecule has 0 bridgehead atoms. The molecule has 14 heavy (non-hydrogen) atoms. The van der Waals surface area contributed by atoms with Crippen molar-refractivity contribution in [2.45, 2.75) is 19.1 Å². The minimum Gasteiger partial charge on any atom is -0.283 e. The molecule has 1 atom stereocenters. The molecule has 1 aromatic rings. The number of nitrogens with one attached hydrogen (secondary N) is 1. The maximum atomic E-state index is 3.97. The van der Waals surface area contributed by atoms with Crippen molar-refractivity contribution >= 4 is 6.21 Å². The Balaban J connectivity index is 1.95. The van der Waals surface area contributed by atoms with E-state index >= 15 is 0 Å². The largest absolute Gasteiger partial charge is 0.283 e. The van der Waals surface area contributed by atoms with Crippen LogP contribution in [0.5, 0.6) is 0 Å². The Labute approximate surface area is 82.7 Å². The van der Waals surface area contributed by atoms with Gasteiger partial charge in [0.15, 0.2) is 5.66 Å². The molecular formula is C10H12N4. The van der Waals surface area contributed by atoms with Gasteiger partial charge in [-0.1, -0.05) is 30.3 Å². The molecule has 1 heterocycles. The summed E-state index contributed by atoms with van der Waals surface area (Å²) in [7, 11) is 0. The highest BCUT2D eigenvalue weighted by Crippen LogP contribution is 2.10. The molecule has 0 aromatic heterocycles. The lowest BCUT2D eigenvalue weighted by molar-refractivity contribution is 0.484. The van der Waals surface area contributed by atoms with E-state index < -0.39 is 5.66 Å². The van der Waals surface area contributed by atoms with Crippen molar-refractivity contribution in [1.82, 2.24) is 5.32 Å². The second kappa shape index (κ2) is 3.67. The zero-order chi connectivity index (χ0) is 9.86. The SMILES string of the molecule is CC1(NCc2ccccc2)C=NN=N1. The predicted molar refractivity (Wildman–Crippen MR) is 55.0 cm³/mol. The number of rotatable bonds is 3. The number of nitrogens with zero attached hydrogens (tertiary/aromatic N) is 3. The average Bonchev–Trinajstić information content (AvgIpc) is 2.65. The van der Waals surface area contributed by atoms with E-state index in [-0.39, 0.29) is 0 Å². The van der Waals surface area contributed by atoms with Crippen LogP contribution in [0, 0.1) is 0 Å². The van der Waals surface area contributed by atoms with Crippen LogP contribution in [-0.2, 0) is 6.54 Å². The fourth-order valence-corrected chi connectivity index (χ4v) is 1.24. The Morgan fingerprint density at radius 1 is 1.29 bits per heavy atom. The summed E-state index contributed by atoms with van der Waals surface area (Å²) in [5.74, 6) is 0. The Kier molecular flexibility index (Phi) is 2.37. The summed E-state index contributed by atoms with van der Waals surface area (Å²) in [4.78, 5) is 0. The lowest BCUT2D eigenvalue weighted by Gasteiger charge is -2.16. The van der Waals surface area contributed by atoms with E-state index in [0.717, 1.165) is 6.54 Å². The number of hydrogen-bond acceptors (Lipinski definition) is 4. The maximum absolute atomic E-state index is 3.97. The summed E-state index contributed by atoms with van der Waals surface area (Å²) < 4.78 is 0. The van der Waals surface area contributed by atoms with Crippen molar-refractivity contribution < 1.29 is 0 Å². The average molecular weight is 188 g/mol. The quantitative estimate of drug-likeness (QED) is 0.774.